The molecular weight excluding hydrogens is 300 g/mol. The van der Waals surface area contributed by atoms with Gasteiger partial charge in [-0.3, -0.25) is 4.99 Å². The second-order valence-corrected chi connectivity index (χ2v) is 5.14. The molecule has 2 aromatic rings. The predicted molar refractivity (Wildman–Crippen MR) is 93.4 cm³/mol. The fourth-order valence-electron chi connectivity index (χ4n) is 1.80. The largest absolute Gasteiger partial charge is 0.494 e. The zero-order valence-corrected chi connectivity index (χ0v) is 14.0. The van der Waals surface area contributed by atoms with E-state index in [2.05, 4.69) is 24.2 Å². The predicted octanol–water partition coefficient (Wildman–Crippen LogP) is 4.61. The van der Waals surface area contributed by atoms with Crippen molar-refractivity contribution >= 4 is 23.9 Å². The molecule has 0 aliphatic rings. The molecule has 2 rings (SSSR count). The van der Waals surface area contributed by atoms with Crippen molar-refractivity contribution in [2.75, 3.05) is 18.5 Å². The molecule has 0 saturated heterocycles. The minimum Gasteiger partial charge on any atom is -0.494 e. The van der Waals surface area contributed by atoms with Crippen molar-refractivity contribution in [1.29, 1.82) is 0 Å². The Morgan fingerprint density at radius 3 is 2.50 bits per heavy atom. The van der Waals surface area contributed by atoms with Gasteiger partial charge in [0.15, 0.2) is 11.6 Å². The minimum atomic E-state index is 0. The molecule has 1 aromatic heterocycles. The summed E-state index contributed by atoms with van der Waals surface area (Å²) in [6, 6.07) is 11.6. The molecule has 5 heteroatoms. The Labute approximate surface area is 138 Å². The molecule has 120 valence electrons. The van der Waals surface area contributed by atoms with Crippen molar-refractivity contribution < 1.29 is 9.15 Å². The van der Waals surface area contributed by atoms with Crippen molar-refractivity contribution in [3.05, 3.63) is 48.4 Å². The number of rotatable bonds is 6. The van der Waals surface area contributed by atoms with Crippen molar-refractivity contribution in [3.63, 3.8) is 0 Å². The first kappa shape index (κ1) is 18.1. The molecule has 4 nitrogen and oxygen atoms in total. The quantitative estimate of drug-likeness (QED) is 0.623. The normalized spacial score (nSPS) is 11.2. The third-order valence-electron chi connectivity index (χ3n) is 2.80. The Morgan fingerprint density at radius 1 is 1.23 bits per heavy atom. The Hall–Kier alpha value is -1.94. The lowest BCUT2D eigenvalue weighted by Crippen LogP contribution is -2.14. The smallest absolute Gasteiger partial charge is 0.169 e. The number of nitrogens with one attached hydrogen (secondary N) is 1. The number of nitrogens with zero attached hydrogens (tertiary/aromatic N) is 1. The number of anilines is 1. The third kappa shape index (κ3) is 5.45. The van der Waals surface area contributed by atoms with Gasteiger partial charge < -0.3 is 14.5 Å². The van der Waals surface area contributed by atoms with Crippen LogP contribution in [0, 0.1) is 5.92 Å². The number of hydrogen-bond acceptors (Lipinski definition) is 3. The van der Waals surface area contributed by atoms with Gasteiger partial charge in [0.25, 0.3) is 0 Å². The first-order valence-electron chi connectivity index (χ1n) is 7.27. The number of hydrogen-bond donors (Lipinski definition) is 1. The Bertz CT molecular complexity index is 563. The Kier molecular flexibility index (Phi) is 7.54. The van der Waals surface area contributed by atoms with Crippen LogP contribution in [0.2, 0.25) is 0 Å². The van der Waals surface area contributed by atoms with E-state index in [4.69, 9.17) is 9.15 Å². The van der Waals surface area contributed by atoms with Gasteiger partial charge >= 0.3 is 0 Å². The number of aliphatic imine (C=N–C) groups is 1. The molecule has 0 radical (unpaired) electrons. The van der Waals surface area contributed by atoms with Crippen LogP contribution in [-0.4, -0.2) is 19.0 Å². The highest BCUT2D eigenvalue weighted by Crippen LogP contribution is 2.17. The maximum atomic E-state index is 5.44. The van der Waals surface area contributed by atoms with E-state index in [0.29, 0.717) is 12.5 Å². The summed E-state index contributed by atoms with van der Waals surface area (Å²) in [5, 5.41) is 3.31. The molecule has 0 bridgehead atoms. The molecule has 0 amide bonds. The third-order valence-corrected chi connectivity index (χ3v) is 2.80. The van der Waals surface area contributed by atoms with Gasteiger partial charge in [-0.15, -0.1) is 12.4 Å². The van der Waals surface area contributed by atoms with E-state index in [1.165, 1.54) is 0 Å². The molecule has 22 heavy (non-hydrogen) atoms. The Morgan fingerprint density at radius 2 is 1.95 bits per heavy atom. The van der Waals surface area contributed by atoms with Crippen LogP contribution in [0.4, 0.5) is 5.69 Å². The number of halogens is 1. The van der Waals surface area contributed by atoms with E-state index in [1.807, 2.05) is 43.3 Å². The minimum absolute atomic E-state index is 0. The maximum Gasteiger partial charge on any atom is 0.169 e. The van der Waals surface area contributed by atoms with Crippen LogP contribution in [0.5, 0.6) is 5.75 Å². The summed E-state index contributed by atoms with van der Waals surface area (Å²) in [5.74, 6) is 2.85. The molecule has 0 fully saturated rings. The highest BCUT2D eigenvalue weighted by atomic mass is 35.5. The van der Waals surface area contributed by atoms with E-state index in [0.717, 1.165) is 29.6 Å². The first-order chi connectivity index (χ1) is 10.2. The molecule has 1 aromatic carbocycles. The van der Waals surface area contributed by atoms with Crippen LogP contribution in [-0.2, 0) is 0 Å². The highest BCUT2D eigenvalue weighted by Gasteiger charge is 2.07. The molecule has 0 spiro atoms. The summed E-state index contributed by atoms with van der Waals surface area (Å²) in [7, 11) is 0. The van der Waals surface area contributed by atoms with E-state index in [9.17, 15) is 0 Å². The van der Waals surface area contributed by atoms with Crippen LogP contribution in [0.25, 0.3) is 0 Å². The van der Waals surface area contributed by atoms with E-state index in [1.54, 1.807) is 6.26 Å². The zero-order chi connectivity index (χ0) is 15.1. The van der Waals surface area contributed by atoms with Crippen LogP contribution < -0.4 is 10.1 Å². The summed E-state index contributed by atoms with van der Waals surface area (Å²) in [4.78, 5) is 4.60. The van der Waals surface area contributed by atoms with E-state index >= 15 is 0 Å². The second-order valence-electron chi connectivity index (χ2n) is 5.14. The fourth-order valence-corrected chi connectivity index (χ4v) is 1.80. The summed E-state index contributed by atoms with van der Waals surface area (Å²) in [6.45, 7) is 7.67. The maximum absolute atomic E-state index is 5.44. The van der Waals surface area contributed by atoms with Gasteiger partial charge in [0.2, 0.25) is 0 Å². The lowest BCUT2D eigenvalue weighted by atomic mass is 10.2. The van der Waals surface area contributed by atoms with Crippen LogP contribution >= 0.6 is 12.4 Å². The lowest BCUT2D eigenvalue weighted by Gasteiger charge is -2.10. The van der Waals surface area contributed by atoms with Crippen molar-refractivity contribution in [1.82, 2.24) is 0 Å². The number of benzene rings is 1. The van der Waals surface area contributed by atoms with Crippen molar-refractivity contribution in [2.45, 2.75) is 20.8 Å². The van der Waals surface area contributed by atoms with Gasteiger partial charge in [0.05, 0.1) is 12.9 Å². The lowest BCUT2D eigenvalue weighted by molar-refractivity contribution is 0.340. The second kappa shape index (κ2) is 9.15. The molecule has 0 aliphatic heterocycles. The van der Waals surface area contributed by atoms with Crippen molar-refractivity contribution in [2.24, 2.45) is 10.9 Å². The molecule has 0 saturated carbocycles. The number of amidine groups is 1. The van der Waals surface area contributed by atoms with Crippen LogP contribution in [0.1, 0.15) is 26.5 Å². The van der Waals surface area contributed by atoms with Gasteiger partial charge in [-0.2, -0.15) is 0 Å². The monoisotopic (exact) mass is 322 g/mol. The fraction of sp³-hybridized carbons (Fsp3) is 0.353. The topological polar surface area (TPSA) is 46.8 Å². The average Bonchev–Trinajstić information content (AvgIpc) is 2.99. The Balaban J connectivity index is 0.00000242. The van der Waals surface area contributed by atoms with Gasteiger partial charge in [-0.25, -0.2) is 0 Å². The number of furan rings is 1. The zero-order valence-electron chi connectivity index (χ0n) is 13.2. The van der Waals surface area contributed by atoms with Gasteiger partial charge in [0, 0.05) is 12.2 Å². The van der Waals surface area contributed by atoms with Crippen LogP contribution in [0.15, 0.2) is 52.1 Å². The summed E-state index contributed by atoms with van der Waals surface area (Å²) in [5.41, 5.74) is 0.956. The molecular formula is C17H23ClN2O2. The summed E-state index contributed by atoms with van der Waals surface area (Å²) in [6.07, 6.45) is 1.65. The van der Waals surface area contributed by atoms with E-state index < -0.39 is 0 Å². The average molecular weight is 323 g/mol. The SMILES string of the molecule is CCOc1ccc(NC(=NCC(C)C)c2ccco2)cc1.Cl. The number of ether oxygens (including phenoxy) is 1. The molecule has 0 unspecified atom stereocenters. The highest BCUT2D eigenvalue weighted by molar-refractivity contribution is 6.06. The molecule has 0 atom stereocenters. The first-order valence-corrected chi connectivity index (χ1v) is 7.27. The standard InChI is InChI=1S/C17H22N2O2.ClH/c1-4-20-15-9-7-14(8-10-15)19-17(18-12-13(2)3)16-6-5-11-21-16;/h5-11,13H,4,12H2,1-3H3,(H,18,19);1H. The summed E-state index contributed by atoms with van der Waals surface area (Å²) >= 11 is 0. The van der Waals surface area contributed by atoms with E-state index in [-0.39, 0.29) is 12.4 Å². The van der Waals surface area contributed by atoms with Crippen LogP contribution in [0.3, 0.4) is 0 Å². The van der Waals surface area contributed by atoms with Crippen molar-refractivity contribution in [3.8, 4) is 5.75 Å². The molecule has 0 aliphatic carbocycles. The summed E-state index contributed by atoms with van der Waals surface area (Å²) < 4.78 is 10.9. The van der Waals surface area contributed by atoms with Gasteiger partial charge in [-0.05, 0) is 49.2 Å². The van der Waals surface area contributed by atoms with Gasteiger partial charge in [-0.1, -0.05) is 13.8 Å². The van der Waals surface area contributed by atoms with Gasteiger partial charge in [0.1, 0.15) is 5.75 Å². The molecule has 1 heterocycles. The molecule has 1 N–H and O–H groups in total.